The van der Waals surface area contributed by atoms with Gasteiger partial charge in [-0.05, 0) is 29.7 Å². The fourth-order valence-electron chi connectivity index (χ4n) is 2.82. The van der Waals surface area contributed by atoms with Gasteiger partial charge in [0.1, 0.15) is 0 Å². The average molecular weight is 304 g/mol. The minimum Gasteiger partial charge on any atom is -0.293 e. The monoisotopic (exact) mass is 303 g/mol. The molecule has 0 unspecified atom stereocenters. The summed E-state index contributed by atoms with van der Waals surface area (Å²) in [6.07, 6.45) is 1.02. The van der Waals surface area contributed by atoms with Crippen molar-refractivity contribution in [2.75, 3.05) is 6.54 Å². The molecule has 112 valence electrons. The first-order valence-electron chi connectivity index (χ1n) is 7.47. The van der Waals surface area contributed by atoms with Gasteiger partial charge in [-0.3, -0.25) is 10.00 Å². The molecule has 1 aliphatic heterocycles. The number of aromatic nitrogens is 2. The number of hydrogen-bond donors (Lipinski definition) is 1. The van der Waals surface area contributed by atoms with Gasteiger partial charge in [0.15, 0.2) is 0 Å². The predicted molar refractivity (Wildman–Crippen MR) is 86.6 cm³/mol. The van der Waals surface area contributed by atoms with Crippen molar-refractivity contribution in [2.45, 2.75) is 45.7 Å². The first-order valence-corrected chi connectivity index (χ1v) is 7.84. The van der Waals surface area contributed by atoms with Gasteiger partial charge < -0.3 is 0 Å². The van der Waals surface area contributed by atoms with Crippen LogP contribution in [0, 0.1) is 0 Å². The van der Waals surface area contributed by atoms with E-state index in [1.807, 2.05) is 12.1 Å². The fourth-order valence-corrected chi connectivity index (χ4v) is 3.11. The van der Waals surface area contributed by atoms with Crippen LogP contribution in [0.5, 0.6) is 0 Å². The van der Waals surface area contributed by atoms with E-state index < -0.39 is 0 Å². The van der Waals surface area contributed by atoms with Crippen molar-refractivity contribution in [3.8, 4) is 0 Å². The molecular formula is C17H22ClN3. The van der Waals surface area contributed by atoms with Gasteiger partial charge in [0.05, 0.1) is 5.69 Å². The molecule has 0 saturated carbocycles. The predicted octanol–water partition coefficient (Wildman–Crippen LogP) is 3.92. The summed E-state index contributed by atoms with van der Waals surface area (Å²) in [6, 6.07) is 8.40. The van der Waals surface area contributed by atoms with Crippen LogP contribution in [0.2, 0.25) is 5.02 Å². The lowest BCUT2D eigenvalue weighted by Crippen LogP contribution is -2.30. The number of H-pyrrole nitrogens is 1. The highest BCUT2D eigenvalue weighted by Crippen LogP contribution is 2.27. The number of aromatic amines is 1. The zero-order valence-electron chi connectivity index (χ0n) is 12.9. The molecule has 0 radical (unpaired) electrons. The fraction of sp³-hybridized carbons (Fsp3) is 0.471. The summed E-state index contributed by atoms with van der Waals surface area (Å²) in [5.74, 6) is 0. The summed E-state index contributed by atoms with van der Waals surface area (Å²) in [4.78, 5) is 2.44. The second-order valence-electron chi connectivity index (χ2n) is 6.87. The Hall–Kier alpha value is -1.32. The molecule has 2 heterocycles. The number of nitrogens with zero attached hydrogens (tertiary/aromatic N) is 2. The Morgan fingerprint density at radius 3 is 2.86 bits per heavy atom. The quantitative estimate of drug-likeness (QED) is 0.912. The van der Waals surface area contributed by atoms with Crippen LogP contribution >= 0.6 is 11.6 Å². The highest BCUT2D eigenvalue weighted by Gasteiger charge is 2.21. The van der Waals surface area contributed by atoms with Crippen molar-refractivity contribution in [1.82, 2.24) is 15.1 Å². The molecule has 1 aromatic carbocycles. The molecule has 0 spiro atoms. The molecule has 1 aromatic heterocycles. The Morgan fingerprint density at radius 1 is 1.33 bits per heavy atom. The molecule has 3 rings (SSSR count). The summed E-state index contributed by atoms with van der Waals surface area (Å²) < 4.78 is 0. The summed E-state index contributed by atoms with van der Waals surface area (Å²) in [5.41, 5.74) is 5.07. The topological polar surface area (TPSA) is 31.9 Å². The third kappa shape index (κ3) is 3.14. The van der Waals surface area contributed by atoms with Crippen LogP contribution in [0.25, 0.3) is 0 Å². The standard InChI is InChI=1S/C17H22ClN3/c1-17(2,3)16-9-13(19-20-16)11-21-8-7-14-12(10-21)5-4-6-15(14)18/h4-6,9H,7-8,10-11H2,1-3H3,(H,19,20). The molecule has 0 fully saturated rings. The number of rotatable bonds is 2. The van der Waals surface area contributed by atoms with Crippen LogP contribution < -0.4 is 0 Å². The Morgan fingerprint density at radius 2 is 2.14 bits per heavy atom. The molecule has 4 heteroatoms. The van der Waals surface area contributed by atoms with Crippen molar-refractivity contribution < 1.29 is 0 Å². The van der Waals surface area contributed by atoms with Gasteiger partial charge in [-0.2, -0.15) is 5.10 Å². The lowest BCUT2D eigenvalue weighted by atomic mass is 9.92. The zero-order chi connectivity index (χ0) is 15.0. The van der Waals surface area contributed by atoms with E-state index in [0.29, 0.717) is 0 Å². The lowest BCUT2D eigenvalue weighted by Gasteiger charge is -2.28. The van der Waals surface area contributed by atoms with Crippen molar-refractivity contribution in [3.05, 3.63) is 51.8 Å². The maximum absolute atomic E-state index is 6.27. The first kappa shape index (κ1) is 14.6. The van der Waals surface area contributed by atoms with E-state index in [2.05, 4.69) is 48.0 Å². The van der Waals surface area contributed by atoms with E-state index in [9.17, 15) is 0 Å². The molecule has 1 N–H and O–H groups in total. The van der Waals surface area contributed by atoms with Gasteiger partial charge in [0.2, 0.25) is 0 Å². The Labute approximate surface area is 131 Å². The van der Waals surface area contributed by atoms with Gasteiger partial charge in [-0.15, -0.1) is 0 Å². The summed E-state index contributed by atoms with van der Waals surface area (Å²) in [6.45, 7) is 9.47. The van der Waals surface area contributed by atoms with Crippen molar-refractivity contribution >= 4 is 11.6 Å². The third-order valence-electron chi connectivity index (χ3n) is 4.08. The van der Waals surface area contributed by atoms with E-state index in [0.717, 1.165) is 36.8 Å². The van der Waals surface area contributed by atoms with Crippen molar-refractivity contribution in [2.24, 2.45) is 0 Å². The maximum Gasteiger partial charge on any atom is 0.0678 e. The second-order valence-corrected chi connectivity index (χ2v) is 7.27. The number of benzene rings is 1. The number of halogens is 1. The summed E-state index contributed by atoms with van der Waals surface area (Å²) in [7, 11) is 0. The molecule has 1 aliphatic rings. The SMILES string of the molecule is CC(C)(C)c1cc(CN2CCc3c(Cl)cccc3C2)[nH]n1. The van der Waals surface area contributed by atoms with Crippen LogP contribution in [-0.2, 0) is 24.9 Å². The Bertz CT molecular complexity index is 640. The largest absolute Gasteiger partial charge is 0.293 e. The molecule has 3 nitrogen and oxygen atoms in total. The lowest BCUT2D eigenvalue weighted by molar-refractivity contribution is 0.242. The second kappa shape index (κ2) is 5.47. The van der Waals surface area contributed by atoms with Crippen LogP contribution in [0.4, 0.5) is 0 Å². The molecule has 0 amide bonds. The zero-order valence-corrected chi connectivity index (χ0v) is 13.7. The van der Waals surface area contributed by atoms with Crippen molar-refractivity contribution in [3.63, 3.8) is 0 Å². The van der Waals surface area contributed by atoms with E-state index in [1.165, 1.54) is 16.8 Å². The van der Waals surface area contributed by atoms with E-state index >= 15 is 0 Å². The number of hydrogen-bond acceptors (Lipinski definition) is 2. The number of fused-ring (bicyclic) bond motifs is 1. The van der Waals surface area contributed by atoms with Gasteiger partial charge >= 0.3 is 0 Å². The first-order chi connectivity index (χ1) is 9.93. The van der Waals surface area contributed by atoms with E-state index in [4.69, 9.17) is 11.6 Å². The van der Waals surface area contributed by atoms with Gasteiger partial charge in [-0.1, -0.05) is 44.5 Å². The van der Waals surface area contributed by atoms with Gasteiger partial charge in [-0.25, -0.2) is 0 Å². The molecule has 0 atom stereocenters. The van der Waals surface area contributed by atoms with E-state index in [-0.39, 0.29) is 5.41 Å². The van der Waals surface area contributed by atoms with Crippen LogP contribution in [0.15, 0.2) is 24.3 Å². The minimum atomic E-state index is 0.0940. The molecule has 0 saturated heterocycles. The summed E-state index contributed by atoms with van der Waals surface area (Å²) >= 11 is 6.27. The molecule has 21 heavy (non-hydrogen) atoms. The maximum atomic E-state index is 6.27. The molecule has 0 aliphatic carbocycles. The van der Waals surface area contributed by atoms with Crippen molar-refractivity contribution in [1.29, 1.82) is 0 Å². The highest BCUT2D eigenvalue weighted by molar-refractivity contribution is 6.31. The summed E-state index contributed by atoms with van der Waals surface area (Å²) in [5, 5.41) is 8.52. The van der Waals surface area contributed by atoms with E-state index in [1.54, 1.807) is 0 Å². The molecule has 0 bridgehead atoms. The third-order valence-corrected chi connectivity index (χ3v) is 4.44. The number of nitrogens with one attached hydrogen (secondary N) is 1. The molecule has 2 aromatic rings. The Kier molecular flexibility index (Phi) is 3.80. The van der Waals surface area contributed by atoms with Gasteiger partial charge in [0.25, 0.3) is 0 Å². The smallest absolute Gasteiger partial charge is 0.0678 e. The average Bonchev–Trinajstić information content (AvgIpc) is 2.87. The van der Waals surface area contributed by atoms with Crippen LogP contribution in [0.3, 0.4) is 0 Å². The highest BCUT2D eigenvalue weighted by atomic mass is 35.5. The Balaban J connectivity index is 1.71. The minimum absolute atomic E-state index is 0.0940. The van der Waals surface area contributed by atoms with Crippen LogP contribution in [0.1, 0.15) is 43.3 Å². The molecular weight excluding hydrogens is 282 g/mol. The van der Waals surface area contributed by atoms with Crippen LogP contribution in [-0.4, -0.2) is 21.6 Å². The normalized spacial score (nSPS) is 16.0. The van der Waals surface area contributed by atoms with Gasteiger partial charge in [0, 0.05) is 35.8 Å².